The van der Waals surface area contributed by atoms with Crippen LogP contribution >= 0.6 is 0 Å². The van der Waals surface area contributed by atoms with Crippen molar-refractivity contribution >= 4 is 40.3 Å². The van der Waals surface area contributed by atoms with Crippen LogP contribution in [0.3, 0.4) is 0 Å². The van der Waals surface area contributed by atoms with Gasteiger partial charge in [0.2, 0.25) is 0 Å². The Bertz CT molecular complexity index is 1970. The smallest absolute Gasteiger partial charge is 0.329 e. The normalized spacial score (nSPS) is 13.4. The number of anilines is 1. The molecule has 6 aromatic carbocycles. The molecule has 0 spiro atoms. The van der Waals surface area contributed by atoms with Gasteiger partial charge in [-0.25, -0.2) is 0 Å². The van der Waals surface area contributed by atoms with E-state index in [4.69, 9.17) is 0 Å². The zero-order valence-corrected chi connectivity index (χ0v) is 26.1. The van der Waals surface area contributed by atoms with Crippen LogP contribution in [-0.2, 0) is 0 Å². The van der Waals surface area contributed by atoms with Crippen molar-refractivity contribution in [1.29, 1.82) is 0 Å². The third kappa shape index (κ3) is 5.34. The lowest BCUT2D eigenvalue weighted by Crippen LogP contribution is -2.51. The lowest BCUT2D eigenvalue weighted by molar-refractivity contribution is 1.25. The van der Waals surface area contributed by atoms with Gasteiger partial charge in [-0.15, -0.1) is 0 Å². The number of benzene rings is 6. The van der Waals surface area contributed by atoms with Crippen molar-refractivity contribution in [3.63, 3.8) is 0 Å². The zero-order chi connectivity index (χ0) is 30.8. The van der Waals surface area contributed by atoms with E-state index >= 15 is 0 Å². The Kier molecular flexibility index (Phi) is 7.80. The molecule has 1 nitrogen and oxygen atoms in total. The molecule has 0 fully saturated rings. The van der Waals surface area contributed by atoms with E-state index in [0.29, 0.717) is 0 Å². The van der Waals surface area contributed by atoms with Crippen molar-refractivity contribution in [3.05, 3.63) is 203 Å². The Balaban J connectivity index is 1.74. The van der Waals surface area contributed by atoms with Crippen molar-refractivity contribution < 1.29 is 0 Å². The second-order valence-corrected chi connectivity index (χ2v) is 11.9. The van der Waals surface area contributed by atoms with Crippen LogP contribution in [0.4, 0.5) is 5.69 Å². The molecule has 0 aromatic heterocycles. The number of nitrogens with zero attached hydrogens (tertiary/aromatic N) is 1. The van der Waals surface area contributed by atoms with Crippen LogP contribution < -0.4 is 10.3 Å². The Morgan fingerprint density at radius 2 is 0.822 bits per heavy atom. The quantitative estimate of drug-likeness (QED) is 0.178. The minimum absolute atomic E-state index is 0.0911. The molecule has 45 heavy (non-hydrogen) atoms. The van der Waals surface area contributed by atoms with Gasteiger partial charge in [-0.3, -0.25) is 0 Å². The summed E-state index contributed by atoms with van der Waals surface area (Å²) in [6.07, 6.45) is 0. The van der Waals surface area contributed by atoms with Crippen LogP contribution in [0.15, 0.2) is 164 Å². The molecule has 0 aliphatic carbocycles. The van der Waals surface area contributed by atoms with Crippen molar-refractivity contribution in [3.8, 4) is 0 Å². The van der Waals surface area contributed by atoms with E-state index < -0.39 is 0 Å². The molecule has 2 heteroatoms. The van der Waals surface area contributed by atoms with E-state index in [2.05, 4.69) is 189 Å². The highest BCUT2D eigenvalue weighted by atomic mass is 15.1. The number of rotatable bonds is 6. The van der Waals surface area contributed by atoms with Gasteiger partial charge in [0, 0.05) is 17.0 Å². The van der Waals surface area contributed by atoms with Gasteiger partial charge in [0.15, 0.2) is 0 Å². The molecule has 0 bridgehead atoms. The molecule has 6 aromatic rings. The van der Waals surface area contributed by atoms with Crippen LogP contribution in [0.5, 0.6) is 0 Å². The second-order valence-electron chi connectivity index (χ2n) is 11.9. The van der Waals surface area contributed by atoms with E-state index in [1.807, 2.05) is 0 Å². The first-order valence-electron chi connectivity index (χ1n) is 15.7. The Hall–Kier alpha value is -5.34. The molecular weight excluding hydrogens is 541 g/mol. The molecule has 1 heterocycles. The molecule has 0 amide bonds. The van der Waals surface area contributed by atoms with Crippen LogP contribution in [0, 0.1) is 20.8 Å². The standard InChI is InChI=1S/C43H36BN/c1-31-29-32(2)42(33(3)30-31)45-43(37-25-15-7-16-26-37)40(35-21-11-5-12-22-35)39(34-19-9-4-10-20-34)41(36-23-13-6-14-24-36)44(45)38-27-17-8-18-28-38/h4-30H,1-3H3. The predicted octanol–water partition coefficient (Wildman–Crippen LogP) is 10.0. The summed E-state index contributed by atoms with van der Waals surface area (Å²) in [7, 11) is 0. The second kappa shape index (κ2) is 12.3. The molecule has 0 saturated heterocycles. The van der Waals surface area contributed by atoms with Crippen molar-refractivity contribution in [2.75, 3.05) is 4.81 Å². The summed E-state index contributed by atoms with van der Waals surface area (Å²) in [4.78, 5) is 2.64. The third-order valence-corrected chi connectivity index (χ3v) is 8.78. The van der Waals surface area contributed by atoms with Crippen molar-refractivity contribution in [1.82, 2.24) is 0 Å². The summed E-state index contributed by atoms with van der Waals surface area (Å²) in [5, 5.41) is 0. The molecule has 0 saturated carbocycles. The van der Waals surface area contributed by atoms with Crippen molar-refractivity contribution in [2.45, 2.75) is 20.8 Å². The van der Waals surface area contributed by atoms with Crippen LogP contribution in [0.25, 0.3) is 22.3 Å². The summed E-state index contributed by atoms with van der Waals surface area (Å²) < 4.78 is 0. The molecule has 0 radical (unpaired) electrons. The Labute approximate surface area is 267 Å². The molecule has 216 valence electrons. The maximum absolute atomic E-state index is 2.64. The first-order valence-corrected chi connectivity index (χ1v) is 15.7. The first-order chi connectivity index (χ1) is 22.1. The topological polar surface area (TPSA) is 3.24 Å². The van der Waals surface area contributed by atoms with E-state index in [1.54, 1.807) is 0 Å². The largest absolute Gasteiger partial charge is 0.375 e. The van der Waals surface area contributed by atoms with E-state index in [0.717, 1.165) is 0 Å². The van der Waals surface area contributed by atoms with E-state index in [1.165, 1.54) is 72.4 Å². The highest BCUT2D eigenvalue weighted by Crippen LogP contribution is 2.51. The van der Waals surface area contributed by atoms with Gasteiger partial charge in [-0.05, 0) is 65.2 Å². The summed E-state index contributed by atoms with van der Waals surface area (Å²) in [6.45, 7) is 6.63. The fraction of sp³-hybridized carbons (Fsp3) is 0.0698. The number of allylic oxidation sites excluding steroid dienone is 2. The highest BCUT2D eigenvalue weighted by Gasteiger charge is 2.42. The molecule has 1 aliphatic rings. The van der Waals surface area contributed by atoms with Gasteiger partial charge < -0.3 is 4.81 Å². The zero-order valence-electron chi connectivity index (χ0n) is 26.1. The van der Waals surface area contributed by atoms with Gasteiger partial charge in [0.05, 0.1) is 0 Å². The van der Waals surface area contributed by atoms with Crippen molar-refractivity contribution in [2.24, 2.45) is 0 Å². The average Bonchev–Trinajstić information content (AvgIpc) is 3.09. The minimum Gasteiger partial charge on any atom is -0.375 e. The predicted molar refractivity (Wildman–Crippen MR) is 194 cm³/mol. The van der Waals surface area contributed by atoms with E-state index in [-0.39, 0.29) is 6.85 Å². The number of hydrogen-bond acceptors (Lipinski definition) is 1. The first kappa shape index (κ1) is 28.4. The maximum Gasteiger partial charge on any atom is 0.329 e. The van der Waals surface area contributed by atoms with E-state index in [9.17, 15) is 0 Å². The maximum atomic E-state index is 2.64. The van der Waals surface area contributed by atoms with Gasteiger partial charge in [0.25, 0.3) is 0 Å². The highest BCUT2D eigenvalue weighted by molar-refractivity contribution is 6.97. The van der Waals surface area contributed by atoms with Gasteiger partial charge in [0.1, 0.15) is 0 Å². The Morgan fingerprint density at radius 3 is 1.31 bits per heavy atom. The van der Waals surface area contributed by atoms with Crippen LogP contribution in [-0.4, -0.2) is 6.85 Å². The SMILES string of the molecule is Cc1cc(C)c(N2B(c3ccccc3)C(c3ccccc3)=C(c3ccccc3)C(c3ccccc3)=C2c2ccccc2)c(C)c1. The number of hydrogen-bond donors (Lipinski definition) is 0. The summed E-state index contributed by atoms with van der Waals surface area (Å²) >= 11 is 0. The fourth-order valence-corrected chi connectivity index (χ4v) is 7.10. The van der Waals surface area contributed by atoms with Gasteiger partial charge >= 0.3 is 6.85 Å². The summed E-state index contributed by atoms with van der Waals surface area (Å²) in [5.74, 6) is 0. The Morgan fingerprint density at radius 1 is 0.422 bits per heavy atom. The lowest BCUT2D eigenvalue weighted by atomic mass is 9.43. The van der Waals surface area contributed by atoms with Gasteiger partial charge in [-0.2, -0.15) is 0 Å². The third-order valence-electron chi connectivity index (χ3n) is 8.78. The molecular formula is C43H36BN. The van der Waals surface area contributed by atoms with Crippen LogP contribution in [0.1, 0.15) is 38.9 Å². The molecule has 7 rings (SSSR count). The molecule has 0 atom stereocenters. The summed E-state index contributed by atoms with van der Waals surface area (Å²) in [5.41, 5.74) is 16.1. The number of aryl methyl sites for hydroxylation is 3. The average molecular weight is 578 g/mol. The summed E-state index contributed by atoms with van der Waals surface area (Å²) in [6, 6.07) is 59.6. The molecule has 0 unspecified atom stereocenters. The molecule has 0 N–H and O–H groups in total. The monoisotopic (exact) mass is 577 g/mol. The van der Waals surface area contributed by atoms with Crippen LogP contribution in [0.2, 0.25) is 0 Å². The lowest BCUT2D eigenvalue weighted by Gasteiger charge is -2.44. The minimum atomic E-state index is -0.0911. The molecule has 1 aliphatic heterocycles. The fourth-order valence-electron chi connectivity index (χ4n) is 7.10. The van der Waals surface area contributed by atoms with Gasteiger partial charge in [-0.1, -0.05) is 175 Å².